The first-order chi connectivity index (χ1) is 19.6. The number of aliphatic hydroxyl groups is 2. The number of aliphatic hydroxyl groups excluding tert-OH is 2. The molecular formula is C29H32N6O5S. The Balaban J connectivity index is 1.57. The van der Waals surface area contributed by atoms with Crippen molar-refractivity contribution in [1.82, 2.24) is 24.1 Å². The Bertz CT molecular complexity index is 1830. The van der Waals surface area contributed by atoms with Gasteiger partial charge in [0.25, 0.3) is 0 Å². The topological polar surface area (TPSA) is 144 Å². The van der Waals surface area contributed by atoms with E-state index in [9.17, 15) is 18.6 Å². The quantitative estimate of drug-likeness (QED) is 0.227. The summed E-state index contributed by atoms with van der Waals surface area (Å²) in [5.74, 6) is 1.23. The molecule has 1 unspecified atom stereocenters. The van der Waals surface area contributed by atoms with Gasteiger partial charge in [-0.3, -0.25) is 0 Å². The van der Waals surface area contributed by atoms with Gasteiger partial charge in [-0.25, -0.2) is 18.4 Å². The van der Waals surface area contributed by atoms with E-state index in [2.05, 4.69) is 16.4 Å². The van der Waals surface area contributed by atoms with E-state index in [4.69, 9.17) is 14.8 Å². The van der Waals surface area contributed by atoms with Crippen LogP contribution in [0.5, 0.6) is 5.75 Å². The number of hydrogen-bond acceptors (Lipinski definition) is 9. The number of anilines is 1. The predicted molar refractivity (Wildman–Crippen MR) is 155 cm³/mol. The van der Waals surface area contributed by atoms with Crippen LogP contribution in [0.3, 0.4) is 0 Å². The van der Waals surface area contributed by atoms with Crippen LogP contribution in [0.4, 0.5) is 5.82 Å². The Hall–Kier alpha value is -4.26. The maximum absolute atomic E-state index is 12.9. The van der Waals surface area contributed by atoms with Gasteiger partial charge in [0.1, 0.15) is 22.3 Å². The van der Waals surface area contributed by atoms with Crippen LogP contribution in [0.1, 0.15) is 30.0 Å². The molecule has 11 nitrogen and oxygen atoms in total. The van der Waals surface area contributed by atoms with E-state index in [1.165, 1.54) is 13.2 Å². The van der Waals surface area contributed by atoms with Gasteiger partial charge in [0.15, 0.2) is 15.5 Å². The van der Waals surface area contributed by atoms with Gasteiger partial charge in [0.05, 0.1) is 37.0 Å². The minimum Gasteiger partial charge on any atom is -0.495 e. The van der Waals surface area contributed by atoms with Crippen molar-refractivity contribution in [2.24, 2.45) is 7.05 Å². The van der Waals surface area contributed by atoms with Gasteiger partial charge in [-0.1, -0.05) is 24.3 Å². The lowest BCUT2D eigenvalue weighted by molar-refractivity contribution is 0.194. The van der Waals surface area contributed by atoms with Crippen LogP contribution in [0.25, 0.3) is 28.2 Å². The van der Waals surface area contributed by atoms with Crippen molar-refractivity contribution in [2.45, 2.75) is 31.4 Å². The van der Waals surface area contributed by atoms with Crippen molar-refractivity contribution in [3.8, 4) is 28.3 Å². The van der Waals surface area contributed by atoms with E-state index < -0.39 is 28.3 Å². The molecule has 41 heavy (non-hydrogen) atoms. The molecule has 3 heterocycles. The first-order valence-electron chi connectivity index (χ1n) is 13.0. The van der Waals surface area contributed by atoms with Crippen LogP contribution in [-0.2, 0) is 23.4 Å². The zero-order chi connectivity index (χ0) is 29.3. The first kappa shape index (κ1) is 28.3. The van der Waals surface area contributed by atoms with Crippen LogP contribution >= 0.6 is 0 Å². The molecule has 0 aliphatic rings. The summed E-state index contributed by atoms with van der Waals surface area (Å²) >= 11 is 0. The molecule has 1 atom stereocenters. The molecule has 0 fully saturated rings. The Labute approximate surface area is 238 Å². The number of benzene rings is 2. The maximum atomic E-state index is 12.9. The van der Waals surface area contributed by atoms with Crippen molar-refractivity contribution < 1.29 is 23.4 Å². The van der Waals surface area contributed by atoms with Crippen LogP contribution in [0.15, 0.2) is 65.8 Å². The summed E-state index contributed by atoms with van der Waals surface area (Å²) in [5.41, 5.74) is 4.72. The maximum Gasteiger partial charge on any atom is 0.184 e. The van der Waals surface area contributed by atoms with Gasteiger partial charge in [0, 0.05) is 43.2 Å². The van der Waals surface area contributed by atoms with E-state index in [-0.39, 0.29) is 10.6 Å². The minimum atomic E-state index is -3.81. The molecule has 0 bridgehead atoms. The number of fused-ring (bicyclic) bond motifs is 1. The van der Waals surface area contributed by atoms with Gasteiger partial charge in [-0.05, 0) is 43.2 Å². The Morgan fingerprint density at radius 3 is 2.61 bits per heavy atom. The largest absolute Gasteiger partial charge is 0.495 e. The smallest absolute Gasteiger partial charge is 0.184 e. The van der Waals surface area contributed by atoms with Crippen LogP contribution in [0.2, 0.25) is 0 Å². The molecular weight excluding hydrogens is 544 g/mol. The minimum absolute atomic E-state index is 0.0251. The fourth-order valence-corrected chi connectivity index (χ4v) is 6.01. The van der Waals surface area contributed by atoms with E-state index in [0.29, 0.717) is 40.5 Å². The van der Waals surface area contributed by atoms with Gasteiger partial charge in [-0.15, -0.1) is 0 Å². The molecule has 0 amide bonds. The number of nitrogens with one attached hydrogen (secondary N) is 1. The van der Waals surface area contributed by atoms with Crippen molar-refractivity contribution in [2.75, 3.05) is 24.8 Å². The number of methoxy groups -OCH3 is 1. The standard InChI is InChI=1S/C29H32N6O5S/c1-18-27(21-8-9-24(40-4)25(15-21)41(38,39)13-12-36)29-32-23(19(2)37)16-26(35(29)33-18)31-17-20-6-5-7-22(14-20)28-30-10-11-34(28)3/h5-11,14-16,19,31,36-37H,12-13,17H2,1-4H3. The molecule has 2 aromatic carbocycles. The zero-order valence-electron chi connectivity index (χ0n) is 23.2. The molecule has 0 radical (unpaired) electrons. The number of ether oxygens (including phenoxy) is 1. The third-order valence-electron chi connectivity index (χ3n) is 6.84. The second-order valence-corrected chi connectivity index (χ2v) is 11.8. The predicted octanol–water partition coefficient (Wildman–Crippen LogP) is 3.55. The highest BCUT2D eigenvalue weighted by atomic mass is 32.2. The molecule has 0 saturated heterocycles. The number of sulfone groups is 1. The van der Waals surface area contributed by atoms with E-state index in [0.717, 1.165) is 17.0 Å². The summed E-state index contributed by atoms with van der Waals surface area (Å²) < 4.78 is 34.7. The molecule has 0 spiro atoms. The summed E-state index contributed by atoms with van der Waals surface area (Å²) in [6, 6.07) is 14.7. The molecule has 3 N–H and O–H groups in total. The van der Waals surface area contributed by atoms with E-state index >= 15 is 0 Å². The molecule has 0 aliphatic heterocycles. The Kier molecular flexibility index (Phi) is 7.80. The highest BCUT2D eigenvalue weighted by Crippen LogP contribution is 2.35. The SMILES string of the molecule is COc1ccc(-c2c(C)nn3c(NCc4cccc(-c5nccn5C)c4)cc(C(C)O)nc23)cc1S(=O)(=O)CCO. The molecule has 3 aromatic heterocycles. The summed E-state index contributed by atoms with van der Waals surface area (Å²) in [4.78, 5) is 9.11. The molecule has 0 aliphatic carbocycles. The van der Waals surface area contributed by atoms with Crippen LogP contribution < -0.4 is 10.1 Å². The zero-order valence-corrected chi connectivity index (χ0v) is 24.1. The number of imidazole rings is 1. The Morgan fingerprint density at radius 1 is 1.12 bits per heavy atom. The normalized spacial score (nSPS) is 12.5. The lowest BCUT2D eigenvalue weighted by Crippen LogP contribution is -2.11. The molecule has 5 aromatic rings. The molecule has 0 saturated carbocycles. The average molecular weight is 577 g/mol. The fourth-order valence-electron chi connectivity index (χ4n) is 4.78. The third kappa shape index (κ3) is 5.53. The van der Waals surface area contributed by atoms with Gasteiger partial charge in [-0.2, -0.15) is 9.61 Å². The number of hydrogen-bond donors (Lipinski definition) is 3. The molecule has 12 heteroatoms. The van der Waals surface area contributed by atoms with E-state index in [1.54, 1.807) is 35.8 Å². The number of aromatic nitrogens is 5. The third-order valence-corrected chi connectivity index (χ3v) is 8.55. The first-order valence-corrected chi connectivity index (χ1v) is 14.7. The van der Waals surface area contributed by atoms with Crippen molar-refractivity contribution >= 4 is 21.3 Å². The number of aryl methyl sites for hydroxylation is 2. The van der Waals surface area contributed by atoms with Gasteiger partial charge >= 0.3 is 0 Å². The van der Waals surface area contributed by atoms with Crippen LogP contribution in [0, 0.1) is 6.92 Å². The molecule has 5 rings (SSSR count). The van der Waals surface area contributed by atoms with Crippen molar-refractivity contribution in [3.63, 3.8) is 0 Å². The molecule has 214 valence electrons. The Morgan fingerprint density at radius 2 is 1.93 bits per heavy atom. The second kappa shape index (κ2) is 11.3. The summed E-state index contributed by atoms with van der Waals surface area (Å²) in [6.45, 7) is 3.41. The number of nitrogens with zero attached hydrogens (tertiary/aromatic N) is 5. The van der Waals surface area contributed by atoms with E-state index in [1.807, 2.05) is 42.9 Å². The fraction of sp³-hybridized carbons (Fsp3) is 0.276. The number of rotatable bonds is 10. The summed E-state index contributed by atoms with van der Waals surface area (Å²) in [6.07, 6.45) is 2.81. The monoisotopic (exact) mass is 576 g/mol. The highest BCUT2D eigenvalue weighted by Gasteiger charge is 2.23. The van der Waals surface area contributed by atoms with Crippen molar-refractivity contribution in [3.05, 3.63) is 77.9 Å². The highest BCUT2D eigenvalue weighted by molar-refractivity contribution is 7.91. The lowest BCUT2D eigenvalue weighted by Gasteiger charge is -2.14. The van der Waals surface area contributed by atoms with Gasteiger partial charge in [0.2, 0.25) is 0 Å². The average Bonchev–Trinajstić information content (AvgIpc) is 3.53. The summed E-state index contributed by atoms with van der Waals surface area (Å²) in [7, 11) is -0.460. The summed E-state index contributed by atoms with van der Waals surface area (Å²) in [5, 5.41) is 27.9. The van der Waals surface area contributed by atoms with Crippen molar-refractivity contribution in [1.29, 1.82) is 0 Å². The van der Waals surface area contributed by atoms with Gasteiger partial charge < -0.3 is 24.8 Å². The second-order valence-electron chi connectivity index (χ2n) is 9.76. The van der Waals surface area contributed by atoms with Crippen LogP contribution in [-0.4, -0.2) is 62.2 Å². The lowest BCUT2D eigenvalue weighted by atomic mass is 10.1.